The quantitative estimate of drug-likeness (QED) is 0.751. The van der Waals surface area contributed by atoms with Crippen molar-refractivity contribution in [1.29, 1.82) is 0 Å². The van der Waals surface area contributed by atoms with Crippen molar-refractivity contribution in [1.82, 2.24) is 0 Å². The van der Waals surface area contributed by atoms with Gasteiger partial charge in [0.1, 0.15) is 12.4 Å². The molecule has 0 bridgehead atoms. The number of hydrogen-bond donors (Lipinski definition) is 0. The van der Waals surface area contributed by atoms with Gasteiger partial charge in [-0.25, -0.2) is 4.39 Å². The van der Waals surface area contributed by atoms with Gasteiger partial charge in [-0.15, -0.1) is 0 Å². The van der Waals surface area contributed by atoms with Crippen molar-refractivity contribution < 1.29 is 22.8 Å². The molecular formula is C15H20FO4P. The lowest BCUT2D eigenvalue weighted by molar-refractivity contribution is -0.126. The third-order valence-corrected chi connectivity index (χ3v) is 5.40. The predicted octanol–water partition coefficient (Wildman–Crippen LogP) is 3.69. The number of carbonyl (C=O) groups is 1. The van der Waals surface area contributed by atoms with E-state index in [-0.39, 0.29) is 18.2 Å². The van der Waals surface area contributed by atoms with E-state index < -0.39 is 13.0 Å². The third kappa shape index (κ3) is 3.42. The molecule has 1 aromatic carbocycles. The lowest BCUT2D eigenvalue weighted by Gasteiger charge is -2.28. The Kier molecular flexibility index (Phi) is 4.97. The van der Waals surface area contributed by atoms with Crippen LogP contribution in [-0.4, -0.2) is 26.2 Å². The van der Waals surface area contributed by atoms with Crippen molar-refractivity contribution in [2.24, 2.45) is 0 Å². The van der Waals surface area contributed by atoms with E-state index in [1.54, 1.807) is 18.2 Å². The second-order valence-corrected chi connectivity index (χ2v) is 7.59. The molecule has 0 saturated heterocycles. The van der Waals surface area contributed by atoms with E-state index in [1.807, 2.05) is 0 Å². The number of rotatable bonds is 6. The Balaban J connectivity index is 2.25. The topological polar surface area (TPSA) is 52.6 Å². The van der Waals surface area contributed by atoms with Crippen LogP contribution in [0.1, 0.15) is 31.2 Å². The Hall–Kier alpha value is -1.03. The van der Waals surface area contributed by atoms with Crippen molar-refractivity contribution in [2.45, 2.75) is 31.1 Å². The van der Waals surface area contributed by atoms with Crippen molar-refractivity contribution in [2.75, 3.05) is 20.4 Å². The number of Topliss-reactive ketones (excluding diaryl/α,β-unsaturated/α-hetero) is 1. The van der Waals surface area contributed by atoms with Gasteiger partial charge in [0.05, 0.1) is 5.41 Å². The first-order chi connectivity index (χ1) is 9.91. The third-order valence-electron chi connectivity index (χ3n) is 4.14. The van der Waals surface area contributed by atoms with Gasteiger partial charge in [-0.2, -0.15) is 0 Å². The maximum Gasteiger partial charge on any atom is 0.327 e. The minimum Gasteiger partial charge on any atom is -0.312 e. The summed E-state index contributed by atoms with van der Waals surface area (Å²) in [5, 5.41) is 0. The monoisotopic (exact) mass is 314 g/mol. The van der Waals surface area contributed by atoms with Crippen LogP contribution in [0.25, 0.3) is 0 Å². The van der Waals surface area contributed by atoms with Gasteiger partial charge in [0, 0.05) is 19.3 Å². The van der Waals surface area contributed by atoms with E-state index in [2.05, 4.69) is 0 Å². The first kappa shape index (κ1) is 16.3. The summed E-state index contributed by atoms with van der Waals surface area (Å²) in [6.45, 7) is 0.987. The highest BCUT2D eigenvalue weighted by molar-refractivity contribution is 7.52. The molecule has 1 aliphatic rings. The molecule has 2 rings (SSSR count). The smallest absolute Gasteiger partial charge is 0.312 e. The summed E-state index contributed by atoms with van der Waals surface area (Å²) < 4.78 is 35.7. The first-order valence-electron chi connectivity index (χ1n) is 6.97. The Bertz CT molecular complexity index is 567. The van der Waals surface area contributed by atoms with Crippen molar-refractivity contribution in [3.05, 3.63) is 35.6 Å². The minimum absolute atomic E-state index is 0.232. The molecule has 6 heteroatoms. The van der Waals surface area contributed by atoms with Crippen LogP contribution in [0, 0.1) is 5.82 Å². The Morgan fingerprint density at radius 3 is 2.52 bits per heavy atom. The van der Waals surface area contributed by atoms with Crippen LogP contribution in [0.2, 0.25) is 0 Å². The molecule has 21 heavy (non-hydrogen) atoms. The predicted molar refractivity (Wildman–Crippen MR) is 78.0 cm³/mol. The molecule has 0 heterocycles. The van der Waals surface area contributed by atoms with Gasteiger partial charge < -0.3 is 9.05 Å². The Labute approximate surface area is 124 Å². The molecular weight excluding hydrogens is 294 g/mol. The second-order valence-electron chi connectivity index (χ2n) is 5.42. The number of hydrogen-bond acceptors (Lipinski definition) is 4. The zero-order valence-corrected chi connectivity index (χ0v) is 13.2. The van der Waals surface area contributed by atoms with Gasteiger partial charge in [-0.3, -0.25) is 9.36 Å². The maximum absolute atomic E-state index is 14.1. The molecule has 0 spiro atoms. The van der Waals surface area contributed by atoms with E-state index in [4.69, 9.17) is 9.05 Å². The van der Waals surface area contributed by atoms with E-state index in [0.29, 0.717) is 18.4 Å². The lowest BCUT2D eigenvalue weighted by Crippen LogP contribution is -2.36. The summed E-state index contributed by atoms with van der Waals surface area (Å²) in [7, 11) is -1.94. The van der Waals surface area contributed by atoms with E-state index >= 15 is 0 Å². The van der Waals surface area contributed by atoms with Crippen LogP contribution < -0.4 is 0 Å². The molecule has 0 aromatic heterocycles. The largest absolute Gasteiger partial charge is 0.327 e. The zero-order chi connectivity index (χ0) is 15.5. The summed E-state index contributed by atoms with van der Waals surface area (Å²) in [6.07, 6.45) is 2.93. The Morgan fingerprint density at radius 2 is 1.95 bits per heavy atom. The Morgan fingerprint density at radius 1 is 1.33 bits per heavy atom. The molecule has 0 N–H and O–H groups in total. The van der Waals surface area contributed by atoms with E-state index in [0.717, 1.165) is 12.8 Å². The highest BCUT2D eigenvalue weighted by Crippen LogP contribution is 2.46. The average Bonchev–Trinajstić information content (AvgIpc) is 2.96. The van der Waals surface area contributed by atoms with Gasteiger partial charge >= 0.3 is 7.60 Å². The molecule has 1 saturated carbocycles. The fourth-order valence-corrected chi connectivity index (χ4v) is 3.35. The minimum atomic E-state index is -3.22. The van der Waals surface area contributed by atoms with Gasteiger partial charge in [0.2, 0.25) is 0 Å². The molecule has 1 aliphatic carbocycles. The highest BCUT2D eigenvalue weighted by Gasteiger charge is 2.44. The molecule has 0 radical (unpaired) electrons. The van der Waals surface area contributed by atoms with Gasteiger partial charge in [-0.1, -0.05) is 31.0 Å². The molecule has 0 amide bonds. The van der Waals surface area contributed by atoms with Crippen LogP contribution in [0.5, 0.6) is 0 Å². The van der Waals surface area contributed by atoms with Crippen LogP contribution in [0.4, 0.5) is 4.39 Å². The number of ketones is 1. The summed E-state index contributed by atoms with van der Waals surface area (Å²) in [4.78, 5) is 12.6. The van der Waals surface area contributed by atoms with E-state index in [1.165, 1.54) is 19.8 Å². The van der Waals surface area contributed by atoms with E-state index in [9.17, 15) is 13.8 Å². The van der Waals surface area contributed by atoms with Crippen LogP contribution >= 0.6 is 7.60 Å². The van der Waals surface area contributed by atoms with Crippen LogP contribution in [-0.2, 0) is 23.8 Å². The fourth-order valence-electron chi connectivity index (χ4n) is 2.89. The fraction of sp³-hybridized carbons (Fsp3) is 0.533. The highest BCUT2D eigenvalue weighted by atomic mass is 31.2. The van der Waals surface area contributed by atoms with Crippen molar-refractivity contribution >= 4 is 13.4 Å². The molecule has 0 aliphatic heterocycles. The van der Waals surface area contributed by atoms with Crippen LogP contribution in [0.3, 0.4) is 0 Å². The number of halogens is 1. The summed E-state index contributed by atoms with van der Waals surface area (Å²) in [6, 6.07) is 6.35. The molecule has 1 fully saturated rings. The number of benzene rings is 1. The van der Waals surface area contributed by atoms with Crippen molar-refractivity contribution in [3.8, 4) is 0 Å². The normalized spacial score (nSPS) is 20.1. The molecule has 4 nitrogen and oxygen atoms in total. The van der Waals surface area contributed by atoms with Gasteiger partial charge in [-0.05, 0) is 18.9 Å². The maximum atomic E-state index is 14.1. The standard InChI is InChI=1S/C15H20FO4P/c1-19-21(2,18)20-11-14(17)15(9-5-6-10-15)12-7-3-4-8-13(12)16/h3-4,7-8H,5-6,9-11H2,1-2H3. The summed E-state index contributed by atoms with van der Waals surface area (Å²) in [5.74, 6) is -0.608. The zero-order valence-electron chi connectivity index (χ0n) is 12.3. The van der Waals surface area contributed by atoms with Crippen molar-refractivity contribution in [3.63, 3.8) is 0 Å². The SMILES string of the molecule is COP(C)(=O)OCC(=O)C1(c2ccccc2F)CCCC1. The van der Waals surface area contributed by atoms with Crippen LogP contribution in [0.15, 0.2) is 24.3 Å². The summed E-state index contributed by atoms with van der Waals surface area (Å²) in [5.41, 5.74) is -0.446. The number of carbonyl (C=O) groups excluding carboxylic acids is 1. The molecule has 1 aromatic rings. The van der Waals surface area contributed by atoms with Gasteiger partial charge in [0.15, 0.2) is 5.78 Å². The average molecular weight is 314 g/mol. The van der Waals surface area contributed by atoms with Gasteiger partial charge in [0.25, 0.3) is 0 Å². The molecule has 1 unspecified atom stereocenters. The first-order valence-corrected chi connectivity index (χ1v) is 8.96. The molecule has 1 atom stereocenters. The second kappa shape index (κ2) is 6.39. The lowest BCUT2D eigenvalue weighted by atomic mass is 9.75. The molecule has 116 valence electrons. The summed E-state index contributed by atoms with van der Waals surface area (Å²) >= 11 is 0.